The van der Waals surface area contributed by atoms with Crippen molar-refractivity contribution in [2.45, 2.75) is 0 Å². The van der Waals surface area contributed by atoms with Crippen LogP contribution in [0.5, 0.6) is 0 Å². The lowest BCUT2D eigenvalue weighted by atomic mass is 10.1. The average Bonchev–Trinajstić information content (AvgIpc) is 2.35. The lowest BCUT2D eigenvalue weighted by molar-refractivity contribution is -0.228. The van der Waals surface area contributed by atoms with Gasteiger partial charge in [-0.15, -0.1) is 0 Å². The number of carboxylic acids is 1. The van der Waals surface area contributed by atoms with Crippen LogP contribution >= 0.6 is 0 Å². The Morgan fingerprint density at radius 3 is 2.24 bits per heavy atom. The molecule has 1 N–H and O–H groups in total. The minimum Gasteiger partial charge on any atom is -0.478 e. The van der Waals surface area contributed by atoms with E-state index >= 15 is 0 Å². The molecule has 0 radical (unpaired) electrons. The number of hydrogen-bond acceptors (Lipinski definition) is 5. The number of carbonyl (C=O) groups is 3. The highest BCUT2D eigenvalue weighted by atomic mass is 17.2. The van der Waals surface area contributed by atoms with E-state index < -0.39 is 17.9 Å². The molecular weight excluding hydrogens is 228 g/mol. The maximum atomic E-state index is 11.4. The maximum Gasteiger partial charge on any atom is 0.387 e. The van der Waals surface area contributed by atoms with Crippen LogP contribution in [0.3, 0.4) is 0 Å². The monoisotopic (exact) mass is 236 g/mol. The van der Waals surface area contributed by atoms with Crippen LogP contribution in [0.15, 0.2) is 36.9 Å². The van der Waals surface area contributed by atoms with Crippen molar-refractivity contribution in [1.82, 2.24) is 0 Å². The molecule has 1 aromatic rings. The van der Waals surface area contributed by atoms with Gasteiger partial charge in [-0.25, -0.2) is 24.2 Å². The Morgan fingerprint density at radius 2 is 1.71 bits per heavy atom. The molecule has 6 nitrogen and oxygen atoms in total. The van der Waals surface area contributed by atoms with Crippen LogP contribution in [-0.4, -0.2) is 23.0 Å². The van der Waals surface area contributed by atoms with E-state index in [1.165, 1.54) is 24.3 Å². The summed E-state index contributed by atoms with van der Waals surface area (Å²) in [4.78, 5) is 41.0. The van der Waals surface area contributed by atoms with Crippen molar-refractivity contribution in [3.8, 4) is 0 Å². The van der Waals surface area contributed by atoms with Gasteiger partial charge in [0.25, 0.3) is 0 Å². The second-order valence-corrected chi connectivity index (χ2v) is 2.83. The Hall–Kier alpha value is -2.63. The van der Waals surface area contributed by atoms with Gasteiger partial charge >= 0.3 is 17.9 Å². The number of carboxylic acid groups (broad SMARTS) is 1. The summed E-state index contributed by atoms with van der Waals surface area (Å²) in [5.74, 6) is -3.31. The molecule has 0 aliphatic rings. The zero-order valence-electron chi connectivity index (χ0n) is 8.58. The highest BCUT2D eigenvalue weighted by Gasteiger charge is 2.18. The molecule has 0 bridgehead atoms. The van der Waals surface area contributed by atoms with Crippen molar-refractivity contribution >= 4 is 17.9 Å². The third-order valence-corrected chi connectivity index (χ3v) is 1.74. The minimum absolute atomic E-state index is 0.211. The van der Waals surface area contributed by atoms with Gasteiger partial charge in [0.2, 0.25) is 0 Å². The summed E-state index contributed by atoms with van der Waals surface area (Å²) in [5, 5.41) is 8.81. The summed E-state index contributed by atoms with van der Waals surface area (Å²) in [7, 11) is 0. The number of aromatic carboxylic acids is 1. The predicted molar refractivity (Wildman–Crippen MR) is 55.1 cm³/mol. The molecule has 0 fully saturated rings. The Bertz CT molecular complexity index is 477. The molecule has 0 saturated heterocycles. The third kappa shape index (κ3) is 3.16. The topological polar surface area (TPSA) is 89.9 Å². The van der Waals surface area contributed by atoms with E-state index in [1.54, 1.807) is 0 Å². The molecule has 1 aromatic carbocycles. The normalized spacial score (nSPS) is 9.18. The second kappa shape index (κ2) is 5.45. The predicted octanol–water partition coefficient (Wildman–Crippen LogP) is 1.19. The van der Waals surface area contributed by atoms with Crippen LogP contribution in [0.2, 0.25) is 0 Å². The smallest absolute Gasteiger partial charge is 0.387 e. The Morgan fingerprint density at radius 1 is 1.12 bits per heavy atom. The molecule has 0 unspecified atom stereocenters. The van der Waals surface area contributed by atoms with E-state index in [-0.39, 0.29) is 11.1 Å². The van der Waals surface area contributed by atoms with Gasteiger partial charge in [0, 0.05) is 6.08 Å². The number of hydrogen-bond donors (Lipinski definition) is 1. The lowest BCUT2D eigenvalue weighted by Gasteiger charge is -2.03. The van der Waals surface area contributed by atoms with Crippen LogP contribution in [-0.2, 0) is 14.6 Å². The van der Waals surface area contributed by atoms with Crippen molar-refractivity contribution < 1.29 is 29.3 Å². The molecule has 0 atom stereocenters. The first-order valence-corrected chi connectivity index (χ1v) is 4.44. The van der Waals surface area contributed by atoms with Crippen molar-refractivity contribution in [3.05, 3.63) is 48.0 Å². The Kier molecular flexibility index (Phi) is 3.99. The van der Waals surface area contributed by atoms with E-state index in [4.69, 9.17) is 5.11 Å². The van der Waals surface area contributed by atoms with Gasteiger partial charge in [-0.2, -0.15) is 0 Å². The molecule has 17 heavy (non-hydrogen) atoms. The molecule has 0 saturated carbocycles. The highest BCUT2D eigenvalue weighted by Crippen LogP contribution is 2.10. The van der Waals surface area contributed by atoms with Gasteiger partial charge in [-0.3, -0.25) is 0 Å². The summed E-state index contributed by atoms with van der Waals surface area (Å²) in [6.07, 6.45) is 0.802. The molecule has 0 aromatic heterocycles. The second-order valence-electron chi connectivity index (χ2n) is 2.83. The first-order valence-electron chi connectivity index (χ1n) is 4.44. The fourth-order valence-electron chi connectivity index (χ4n) is 1.01. The standard InChI is InChI=1S/C11H8O6/c1-2-9(12)16-17-11(15)8-6-4-3-5-7(8)10(13)14/h2-6H,1H2,(H,13,14). The summed E-state index contributed by atoms with van der Waals surface area (Å²) in [5.41, 5.74) is -0.455. The zero-order valence-corrected chi connectivity index (χ0v) is 8.58. The fourth-order valence-corrected chi connectivity index (χ4v) is 1.01. The maximum absolute atomic E-state index is 11.4. The third-order valence-electron chi connectivity index (χ3n) is 1.74. The number of carbonyl (C=O) groups excluding carboxylic acids is 2. The molecule has 88 valence electrons. The summed E-state index contributed by atoms with van der Waals surface area (Å²) < 4.78 is 0. The first-order chi connectivity index (χ1) is 8.06. The lowest BCUT2D eigenvalue weighted by Crippen LogP contribution is -2.13. The van der Waals surface area contributed by atoms with Gasteiger partial charge in [0.1, 0.15) is 0 Å². The number of rotatable bonds is 3. The van der Waals surface area contributed by atoms with Crippen LogP contribution in [0, 0.1) is 0 Å². The first kappa shape index (κ1) is 12.4. The SMILES string of the molecule is C=CC(=O)OOC(=O)c1ccccc1C(=O)O. The zero-order chi connectivity index (χ0) is 12.8. The van der Waals surface area contributed by atoms with Gasteiger partial charge in [0.15, 0.2) is 0 Å². The Labute approximate surface area is 96.0 Å². The van der Waals surface area contributed by atoms with Crippen molar-refractivity contribution in [3.63, 3.8) is 0 Å². The summed E-state index contributed by atoms with van der Waals surface area (Å²) in [6, 6.07) is 5.39. The van der Waals surface area contributed by atoms with Crippen molar-refractivity contribution in [1.29, 1.82) is 0 Å². The molecule has 0 heterocycles. The number of benzene rings is 1. The summed E-state index contributed by atoms with van der Waals surface area (Å²) >= 11 is 0. The molecule has 6 heteroatoms. The minimum atomic E-state index is -1.28. The molecule has 0 amide bonds. The summed E-state index contributed by atoms with van der Waals surface area (Å²) in [6.45, 7) is 3.10. The van der Waals surface area contributed by atoms with Crippen LogP contribution in [0.4, 0.5) is 0 Å². The van der Waals surface area contributed by atoms with E-state index in [0.29, 0.717) is 0 Å². The van der Waals surface area contributed by atoms with Gasteiger partial charge in [-0.05, 0) is 12.1 Å². The Balaban J connectivity index is 2.85. The van der Waals surface area contributed by atoms with Crippen LogP contribution in [0.1, 0.15) is 20.7 Å². The molecule has 0 spiro atoms. The largest absolute Gasteiger partial charge is 0.478 e. The molecule has 0 aliphatic heterocycles. The van der Waals surface area contributed by atoms with E-state index in [1.807, 2.05) is 0 Å². The van der Waals surface area contributed by atoms with E-state index in [9.17, 15) is 14.4 Å². The van der Waals surface area contributed by atoms with Gasteiger partial charge < -0.3 is 5.11 Å². The molecule has 1 rings (SSSR count). The molecular formula is C11H8O6. The van der Waals surface area contributed by atoms with Crippen LogP contribution < -0.4 is 0 Å². The van der Waals surface area contributed by atoms with E-state index in [0.717, 1.165) is 6.08 Å². The quantitative estimate of drug-likeness (QED) is 0.481. The van der Waals surface area contributed by atoms with Crippen LogP contribution in [0.25, 0.3) is 0 Å². The fraction of sp³-hybridized carbons (Fsp3) is 0. The van der Waals surface area contributed by atoms with Crippen molar-refractivity contribution in [2.75, 3.05) is 0 Å². The average molecular weight is 236 g/mol. The van der Waals surface area contributed by atoms with Gasteiger partial charge in [0.05, 0.1) is 11.1 Å². The van der Waals surface area contributed by atoms with E-state index in [2.05, 4.69) is 16.4 Å². The molecule has 0 aliphatic carbocycles. The highest BCUT2D eigenvalue weighted by molar-refractivity contribution is 6.02. The van der Waals surface area contributed by atoms with Crippen molar-refractivity contribution in [2.24, 2.45) is 0 Å². The van der Waals surface area contributed by atoms with Gasteiger partial charge in [-0.1, -0.05) is 18.7 Å².